The predicted molar refractivity (Wildman–Crippen MR) is 116 cm³/mol. The second-order valence-corrected chi connectivity index (χ2v) is 7.37. The highest BCUT2D eigenvalue weighted by atomic mass is 16.5. The van der Waals surface area contributed by atoms with Gasteiger partial charge in [-0.25, -0.2) is 4.79 Å². The minimum atomic E-state index is -0.121. The largest absolute Gasteiger partial charge is 0.497 e. The number of hydrogen-bond donors (Lipinski definition) is 1. The lowest BCUT2D eigenvalue weighted by molar-refractivity contribution is 0.0120. The Hall–Kier alpha value is -3.39. The molecule has 0 saturated carbocycles. The van der Waals surface area contributed by atoms with Crippen LogP contribution in [0, 0.1) is 0 Å². The summed E-state index contributed by atoms with van der Waals surface area (Å²) < 4.78 is 16.5. The first-order chi connectivity index (χ1) is 15.2. The van der Waals surface area contributed by atoms with Crippen molar-refractivity contribution >= 4 is 11.7 Å². The molecule has 0 radical (unpaired) electrons. The van der Waals surface area contributed by atoms with Crippen LogP contribution in [0.4, 0.5) is 10.5 Å². The number of nitrogens with zero attached hydrogens (tertiary/aromatic N) is 3. The minimum absolute atomic E-state index is 0.00383. The smallest absolute Gasteiger partial charge is 0.321 e. The highest BCUT2D eigenvalue weighted by Gasteiger charge is 2.24. The highest BCUT2D eigenvalue weighted by molar-refractivity contribution is 5.89. The van der Waals surface area contributed by atoms with Gasteiger partial charge in [-0.15, -0.1) is 0 Å². The van der Waals surface area contributed by atoms with E-state index >= 15 is 0 Å². The number of likely N-dealkylation sites (tertiary alicyclic amines) is 1. The summed E-state index contributed by atoms with van der Waals surface area (Å²) in [5.41, 5.74) is 1.63. The summed E-state index contributed by atoms with van der Waals surface area (Å²) in [5, 5.41) is 6.96. The predicted octanol–water partition coefficient (Wildman–Crippen LogP) is 4.00. The number of carbonyl (C=O) groups is 1. The zero-order valence-electron chi connectivity index (χ0n) is 17.5. The van der Waals surface area contributed by atoms with E-state index in [1.54, 1.807) is 12.0 Å². The number of amides is 2. The number of aromatic nitrogens is 2. The van der Waals surface area contributed by atoms with E-state index < -0.39 is 0 Å². The summed E-state index contributed by atoms with van der Waals surface area (Å²) >= 11 is 0. The third kappa shape index (κ3) is 5.61. The number of urea groups is 1. The van der Waals surface area contributed by atoms with Gasteiger partial charge in [-0.2, -0.15) is 4.98 Å². The molecule has 1 atom stereocenters. The Bertz CT molecular complexity index is 975. The van der Waals surface area contributed by atoms with Crippen LogP contribution in [0.2, 0.25) is 0 Å². The van der Waals surface area contributed by atoms with Crippen molar-refractivity contribution in [2.75, 3.05) is 32.1 Å². The van der Waals surface area contributed by atoms with Crippen LogP contribution in [-0.4, -0.2) is 54.0 Å². The number of piperidine rings is 1. The Kier molecular flexibility index (Phi) is 6.78. The number of ether oxygens (including phenoxy) is 2. The first-order valence-corrected chi connectivity index (χ1v) is 10.4. The molecular formula is C23H26N4O4. The van der Waals surface area contributed by atoms with Crippen LogP contribution < -0.4 is 10.1 Å². The lowest BCUT2D eigenvalue weighted by atomic mass is 10.1. The van der Waals surface area contributed by atoms with E-state index in [-0.39, 0.29) is 12.1 Å². The number of nitrogens with one attached hydrogen (secondary N) is 1. The molecule has 1 N–H and O–H groups in total. The molecule has 162 valence electrons. The summed E-state index contributed by atoms with van der Waals surface area (Å²) in [6, 6.07) is 16.8. The Morgan fingerprint density at radius 2 is 2.00 bits per heavy atom. The van der Waals surface area contributed by atoms with E-state index in [0.29, 0.717) is 37.8 Å². The molecule has 0 aliphatic carbocycles. The Morgan fingerprint density at radius 1 is 1.19 bits per heavy atom. The normalized spacial score (nSPS) is 16.2. The summed E-state index contributed by atoms with van der Waals surface area (Å²) in [4.78, 5) is 18.8. The zero-order valence-corrected chi connectivity index (χ0v) is 17.5. The standard InChI is InChI=1S/C23H26N4O4/c1-29-19-11-9-18(10-12-19)24-23(28)27-14-5-8-20(16-27)30-15-13-21-25-22(31-26-21)17-6-3-2-4-7-17/h2-4,6-7,9-12,20H,5,8,13-16H2,1H3,(H,24,28). The number of anilines is 1. The van der Waals surface area contributed by atoms with Crippen molar-refractivity contribution in [2.45, 2.75) is 25.4 Å². The van der Waals surface area contributed by atoms with E-state index in [4.69, 9.17) is 14.0 Å². The number of hydrogen-bond acceptors (Lipinski definition) is 6. The average Bonchev–Trinajstić information content (AvgIpc) is 3.29. The number of rotatable bonds is 7. The maximum absolute atomic E-state index is 12.6. The molecule has 2 amide bonds. The number of benzene rings is 2. The van der Waals surface area contributed by atoms with Gasteiger partial charge in [0.1, 0.15) is 5.75 Å². The Balaban J connectivity index is 1.23. The van der Waals surface area contributed by atoms with Crippen LogP contribution in [0.1, 0.15) is 18.7 Å². The van der Waals surface area contributed by atoms with Crippen molar-refractivity contribution < 1.29 is 18.8 Å². The SMILES string of the molecule is COc1ccc(NC(=O)N2CCCC(OCCc3noc(-c4ccccc4)n3)C2)cc1. The molecule has 1 aromatic heterocycles. The highest BCUT2D eigenvalue weighted by Crippen LogP contribution is 2.19. The average molecular weight is 422 g/mol. The van der Waals surface area contributed by atoms with Gasteiger partial charge in [0.25, 0.3) is 5.89 Å². The van der Waals surface area contributed by atoms with Crippen LogP contribution in [0.3, 0.4) is 0 Å². The molecular weight excluding hydrogens is 396 g/mol. The lowest BCUT2D eigenvalue weighted by Gasteiger charge is -2.32. The molecule has 4 rings (SSSR count). The monoisotopic (exact) mass is 422 g/mol. The third-order valence-electron chi connectivity index (χ3n) is 5.17. The summed E-state index contributed by atoms with van der Waals surface area (Å²) in [6.45, 7) is 1.75. The summed E-state index contributed by atoms with van der Waals surface area (Å²) in [7, 11) is 1.61. The van der Waals surface area contributed by atoms with Crippen LogP contribution in [0.15, 0.2) is 59.1 Å². The Morgan fingerprint density at radius 3 is 2.77 bits per heavy atom. The fourth-order valence-electron chi connectivity index (χ4n) is 3.51. The van der Waals surface area contributed by atoms with Crippen LogP contribution in [0.25, 0.3) is 11.5 Å². The van der Waals surface area contributed by atoms with Gasteiger partial charge in [0, 0.05) is 30.8 Å². The molecule has 3 aromatic rings. The maximum atomic E-state index is 12.6. The number of methoxy groups -OCH3 is 1. The summed E-state index contributed by atoms with van der Waals surface area (Å²) in [5.74, 6) is 1.88. The van der Waals surface area contributed by atoms with Gasteiger partial charge < -0.3 is 24.2 Å². The Labute approximate surface area is 181 Å². The maximum Gasteiger partial charge on any atom is 0.321 e. The van der Waals surface area contributed by atoms with Crippen molar-refractivity contribution in [1.29, 1.82) is 0 Å². The van der Waals surface area contributed by atoms with Gasteiger partial charge in [0.05, 0.1) is 19.8 Å². The molecule has 8 heteroatoms. The molecule has 1 aliphatic rings. The van der Waals surface area contributed by atoms with Gasteiger partial charge in [0.15, 0.2) is 5.82 Å². The second-order valence-electron chi connectivity index (χ2n) is 7.37. The lowest BCUT2D eigenvalue weighted by Crippen LogP contribution is -2.45. The van der Waals surface area contributed by atoms with Gasteiger partial charge in [-0.3, -0.25) is 0 Å². The quantitative estimate of drug-likeness (QED) is 0.619. The van der Waals surface area contributed by atoms with E-state index in [9.17, 15) is 4.79 Å². The van der Waals surface area contributed by atoms with Gasteiger partial charge in [-0.1, -0.05) is 23.4 Å². The van der Waals surface area contributed by atoms with Crippen molar-refractivity contribution in [3.8, 4) is 17.2 Å². The second kappa shape index (κ2) is 10.1. The van der Waals surface area contributed by atoms with E-state index in [1.165, 1.54) is 0 Å². The molecule has 0 spiro atoms. The van der Waals surface area contributed by atoms with Crippen molar-refractivity contribution in [3.05, 3.63) is 60.4 Å². The number of carbonyl (C=O) groups excluding carboxylic acids is 1. The van der Waals surface area contributed by atoms with E-state index in [1.807, 2.05) is 54.6 Å². The molecule has 1 aliphatic heterocycles. The van der Waals surface area contributed by atoms with Gasteiger partial charge in [-0.05, 0) is 49.2 Å². The van der Waals surface area contributed by atoms with Gasteiger partial charge in [0.2, 0.25) is 0 Å². The first kappa shape index (κ1) is 20.9. The van der Waals surface area contributed by atoms with Crippen LogP contribution in [-0.2, 0) is 11.2 Å². The molecule has 0 bridgehead atoms. The van der Waals surface area contributed by atoms with Crippen LogP contribution in [0.5, 0.6) is 5.75 Å². The van der Waals surface area contributed by atoms with Crippen LogP contribution >= 0.6 is 0 Å². The first-order valence-electron chi connectivity index (χ1n) is 10.4. The van der Waals surface area contributed by atoms with E-state index in [2.05, 4.69) is 15.5 Å². The molecule has 1 unspecified atom stereocenters. The molecule has 2 heterocycles. The fraction of sp³-hybridized carbons (Fsp3) is 0.348. The third-order valence-corrected chi connectivity index (χ3v) is 5.17. The topological polar surface area (TPSA) is 89.7 Å². The fourth-order valence-corrected chi connectivity index (χ4v) is 3.51. The zero-order chi connectivity index (χ0) is 21.5. The van der Waals surface area contributed by atoms with Crippen molar-refractivity contribution in [3.63, 3.8) is 0 Å². The van der Waals surface area contributed by atoms with Crippen molar-refractivity contribution in [1.82, 2.24) is 15.0 Å². The van der Waals surface area contributed by atoms with Crippen molar-refractivity contribution in [2.24, 2.45) is 0 Å². The molecule has 1 fully saturated rings. The van der Waals surface area contributed by atoms with Gasteiger partial charge >= 0.3 is 6.03 Å². The molecule has 1 saturated heterocycles. The molecule has 31 heavy (non-hydrogen) atoms. The molecule has 8 nitrogen and oxygen atoms in total. The summed E-state index contributed by atoms with van der Waals surface area (Å²) in [6.07, 6.45) is 2.38. The molecule has 2 aromatic carbocycles. The minimum Gasteiger partial charge on any atom is -0.497 e. The van der Waals surface area contributed by atoms with E-state index in [0.717, 1.165) is 29.8 Å².